The summed E-state index contributed by atoms with van der Waals surface area (Å²) in [6.07, 6.45) is 3.07. The summed E-state index contributed by atoms with van der Waals surface area (Å²) < 4.78 is 33.5. The Morgan fingerprint density at radius 3 is 2.58 bits per heavy atom. The third kappa shape index (κ3) is 4.45. The summed E-state index contributed by atoms with van der Waals surface area (Å²) in [5.41, 5.74) is 2.72. The van der Waals surface area contributed by atoms with E-state index < -0.39 is 10.0 Å². The van der Waals surface area contributed by atoms with Crippen molar-refractivity contribution in [1.82, 2.24) is 19.9 Å². The largest absolute Gasteiger partial charge is 0.378 e. The first-order valence-corrected chi connectivity index (χ1v) is 12.1. The minimum atomic E-state index is -3.82. The number of fused-ring (bicyclic) bond motifs is 1. The normalized spacial score (nSPS) is 14.4. The second-order valence-corrected chi connectivity index (χ2v) is 9.38. The molecule has 1 fully saturated rings. The second-order valence-electron chi connectivity index (χ2n) is 7.34. The highest BCUT2D eigenvalue weighted by Crippen LogP contribution is 2.30. The Balaban J connectivity index is 1.52. The molecule has 9 nitrogen and oxygen atoms in total. The number of ether oxygens (including phenoxy) is 1. The SMILES string of the molecule is O=S(=O)(Nc1cc(-c2ccc3ncnc(N4CCOCC4)c3n2)cnc1Cl)c1ccccc1. The van der Waals surface area contributed by atoms with Gasteiger partial charge in [0.05, 0.1) is 35.0 Å². The lowest BCUT2D eigenvalue weighted by Crippen LogP contribution is -2.37. The Hall–Kier alpha value is -3.34. The van der Waals surface area contributed by atoms with Gasteiger partial charge in [-0.25, -0.2) is 28.4 Å². The van der Waals surface area contributed by atoms with E-state index in [0.717, 1.165) is 5.82 Å². The van der Waals surface area contributed by atoms with Crippen LogP contribution in [0.2, 0.25) is 5.15 Å². The van der Waals surface area contributed by atoms with E-state index in [4.69, 9.17) is 21.3 Å². The molecule has 0 bridgehead atoms. The van der Waals surface area contributed by atoms with Gasteiger partial charge in [-0.05, 0) is 30.3 Å². The molecule has 168 valence electrons. The zero-order valence-corrected chi connectivity index (χ0v) is 18.9. The molecule has 0 unspecified atom stereocenters. The predicted molar refractivity (Wildman–Crippen MR) is 126 cm³/mol. The Morgan fingerprint density at radius 1 is 1.00 bits per heavy atom. The monoisotopic (exact) mass is 482 g/mol. The van der Waals surface area contributed by atoms with Gasteiger partial charge < -0.3 is 9.64 Å². The first-order valence-electron chi connectivity index (χ1n) is 10.2. The topological polar surface area (TPSA) is 110 Å². The average Bonchev–Trinajstić information content (AvgIpc) is 2.85. The van der Waals surface area contributed by atoms with Crippen molar-refractivity contribution < 1.29 is 13.2 Å². The van der Waals surface area contributed by atoms with Crippen LogP contribution in [-0.4, -0.2) is 54.7 Å². The standard InChI is InChI=1S/C22H19ClN6O3S/c23-21-19(28-33(30,31)16-4-2-1-3-5-16)12-15(13-24-21)17-6-7-18-20(27-17)22(26-14-25-18)29-8-10-32-11-9-29/h1-7,12-14,28H,8-11H2. The molecule has 1 aromatic carbocycles. The zero-order chi connectivity index (χ0) is 22.8. The Labute approximate surface area is 195 Å². The van der Waals surface area contributed by atoms with Gasteiger partial charge in [-0.15, -0.1) is 0 Å². The van der Waals surface area contributed by atoms with Crippen LogP contribution in [0.4, 0.5) is 11.5 Å². The molecule has 0 aliphatic carbocycles. The van der Waals surface area contributed by atoms with Crippen molar-refractivity contribution in [3.63, 3.8) is 0 Å². The van der Waals surface area contributed by atoms with Gasteiger partial charge in [0.25, 0.3) is 10.0 Å². The van der Waals surface area contributed by atoms with Crippen molar-refractivity contribution in [1.29, 1.82) is 0 Å². The summed E-state index contributed by atoms with van der Waals surface area (Å²) in [7, 11) is -3.82. The molecule has 1 aliphatic rings. The van der Waals surface area contributed by atoms with Crippen LogP contribution in [0.5, 0.6) is 0 Å². The number of sulfonamides is 1. The summed E-state index contributed by atoms with van der Waals surface area (Å²) in [6.45, 7) is 2.67. The van der Waals surface area contributed by atoms with Crippen LogP contribution < -0.4 is 9.62 Å². The number of hydrogen-bond acceptors (Lipinski definition) is 8. The van der Waals surface area contributed by atoms with E-state index in [0.29, 0.717) is 48.6 Å². The van der Waals surface area contributed by atoms with Gasteiger partial charge in [-0.2, -0.15) is 0 Å². The van der Waals surface area contributed by atoms with E-state index in [1.165, 1.54) is 18.5 Å². The van der Waals surface area contributed by atoms with Gasteiger partial charge in [0.2, 0.25) is 0 Å². The Morgan fingerprint density at radius 2 is 1.79 bits per heavy atom. The smallest absolute Gasteiger partial charge is 0.261 e. The highest BCUT2D eigenvalue weighted by molar-refractivity contribution is 7.92. The molecule has 0 amide bonds. The van der Waals surface area contributed by atoms with E-state index in [2.05, 4.69) is 24.6 Å². The number of hydrogen-bond donors (Lipinski definition) is 1. The fourth-order valence-electron chi connectivity index (χ4n) is 3.56. The quantitative estimate of drug-likeness (QED) is 0.431. The lowest BCUT2D eigenvalue weighted by atomic mass is 10.1. The van der Waals surface area contributed by atoms with Crippen LogP contribution in [-0.2, 0) is 14.8 Å². The van der Waals surface area contributed by atoms with Crippen LogP contribution in [0.15, 0.2) is 66.0 Å². The molecular weight excluding hydrogens is 464 g/mol. The van der Waals surface area contributed by atoms with Crippen LogP contribution in [0.3, 0.4) is 0 Å². The molecule has 4 heterocycles. The number of pyridine rings is 2. The summed E-state index contributed by atoms with van der Waals surface area (Å²) >= 11 is 6.20. The Bertz CT molecular complexity index is 1410. The molecule has 0 spiro atoms. The molecule has 0 radical (unpaired) electrons. The lowest BCUT2D eigenvalue weighted by Gasteiger charge is -2.28. The number of rotatable bonds is 5. The van der Waals surface area contributed by atoms with Crippen molar-refractivity contribution in [3.05, 3.63) is 66.2 Å². The van der Waals surface area contributed by atoms with Gasteiger partial charge in [-0.1, -0.05) is 29.8 Å². The summed E-state index contributed by atoms with van der Waals surface area (Å²) in [5.74, 6) is 0.733. The molecule has 3 aromatic heterocycles. The van der Waals surface area contributed by atoms with Crippen molar-refractivity contribution in [2.75, 3.05) is 35.9 Å². The minimum Gasteiger partial charge on any atom is -0.378 e. The molecule has 5 rings (SSSR count). The number of benzene rings is 1. The first kappa shape index (κ1) is 21.5. The van der Waals surface area contributed by atoms with Crippen LogP contribution in [0.1, 0.15) is 0 Å². The fourth-order valence-corrected chi connectivity index (χ4v) is 4.84. The number of morpholine rings is 1. The van der Waals surface area contributed by atoms with E-state index in [-0.39, 0.29) is 15.7 Å². The average molecular weight is 483 g/mol. The predicted octanol–water partition coefficient (Wildman–Crippen LogP) is 3.38. The molecular formula is C22H19ClN6O3S. The molecule has 1 N–H and O–H groups in total. The third-order valence-electron chi connectivity index (χ3n) is 5.21. The van der Waals surface area contributed by atoms with Crippen molar-refractivity contribution in [2.45, 2.75) is 4.90 Å². The van der Waals surface area contributed by atoms with E-state index in [1.807, 2.05) is 6.07 Å². The maximum Gasteiger partial charge on any atom is 0.261 e. The maximum atomic E-state index is 12.8. The van der Waals surface area contributed by atoms with Crippen LogP contribution in [0, 0.1) is 0 Å². The number of nitrogens with one attached hydrogen (secondary N) is 1. The van der Waals surface area contributed by atoms with Crippen LogP contribution in [0.25, 0.3) is 22.3 Å². The van der Waals surface area contributed by atoms with E-state index >= 15 is 0 Å². The highest BCUT2D eigenvalue weighted by Gasteiger charge is 2.19. The van der Waals surface area contributed by atoms with Crippen molar-refractivity contribution in [3.8, 4) is 11.3 Å². The van der Waals surface area contributed by atoms with Crippen LogP contribution >= 0.6 is 11.6 Å². The number of anilines is 2. The molecule has 0 atom stereocenters. The summed E-state index contributed by atoms with van der Waals surface area (Å²) in [4.78, 5) is 20.0. The first-order chi connectivity index (χ1) is 16.0. The van der Waals surface area contributed by atoms with Gasteiger partial charge in [-0.3, -0.25) is 4.72 Å². The van der Waals surface area contributed by atoms with Gasteiger partial charge in [0, 0.05) is 24.8 Å². The highest BCUT2D eigenvalue weighted by atomic mass is 35.5. The summed E-state index contributed by atoms with van der Waals surface area (Å²) in [5, 5.41) is 0.0383. The molecule has 4 aromatic rings. The van der Waals surface area contributed by atoms with Crippen molar-refractivity contribution in [2.24, 2.45) is 0 Å². The maximum absolute atomic E-state index is 12.8. The van der Waals surface area contributed by atoms with Crippen molar-refractivity contribution >= 4 is 44.2 Å². The number of halogens is 1. The second kappa shape index (κ2) is 8.89. The molecule has 1 aliphatic heterocycles. The number of aromatic nitrogens is 4. The zero-order valence-electron chi connectivity index (χ0n) is 17.3. The molecule has 33 heavy (non-hydrogen) atoms. The molecule has 0 saturated carbocycles. The minimum absolute atomic E-state index is 0.0383. The lowest BCUT2D eigenvalue weighted by molar-refractivity contribution is 0.122. The third-order valence-corrected chi connectivity index (χ3v) is 6.89. The van der Waals surface area contributed by atoms with Gasteiger partial charge in [0.1, 0.15) is 11.8 Å². The Kier molecular flexibility index (Phi) is 5.79. The van der Waals surface area contributed by atoms with Gasteiger partial charge >= 0.3 is 0 Å². The summed E-state index contributed by atoms with van der Waals surface area (Å²) in [6, 6.07) is 13.3. The number of nitrogens with zero attached hydrogens (tertiary/aromatic N) is 5. The van der Waals surface area contributed by atoms with E-state index in [1.54, 1.807) is 36.5 Å². The fraction of sp³-hybridized carbons (Fsp3) is 0.182. The van der Waals surface area contributed by atoms with Gasteiger partial charge in [0.15, 0.2) is 11.0 Å². The van der Waals surface area contributed by atoms with E-state index in [9.17, 15) is 8.42 Å². The molecule has 1 saturated heterocycles. The molecule has 11 heteroatoms.